The van der Waals surface area contributed by atoms with Crippen molar-refractivity contribution in [2.75, 3.05) is 18.6 Å². The Balaban J connectivity index is 1.90. The lowest BCUT2D eigenvalue weighted by Gasteiger charge is -2.30. The van der Waals surface area contributed by atoms with E-state index in [0.29, 0.717) is 0 Å². The number of benzene rings is 1. The Morgan fingerprint density at radius 2 is 2.16 bits per heavy atom. The molecule has 19 heavy (non-hydrogen) atoms. The standard InChI is InChI=1S/C15H17N3O/c1-11-8-15(17-10-16-11)18-7-6-13-12(9-18)4-3-5-14(13)19-2/h3-5,8,10H,6-7,9H2,1-2H3. The number of ether oxygens (including phenoxy) is 1. The van der Waals surface area contributed by atoms with Crippen molar-refractivity contribution in [1.82, 2.24) is 9.97 Å². The van der Waals surface area contributed by atoms with Crippen molar-refractivity contribution in [3.63, 3.8) is 0 Å². The molecule has 0 spiro atoms. The van der Waals surface area contributed by atoms with Crippen molar-refractivity contribution >= 4 is 5.82 Å². The first-order chi connectivity index (χ1) is 9.28. The molecule has 0 saturated heterocycles. The molecule has 0 atom stereocenters. The van der Waals surface area contributed by atoms with Crippen LogP contribution in [-0.2, 0) is 13.0 Å². The normalized spacial score (nSPS) is 14.1. The molecule has 0 bridgehead atoms. The first kappa shape index (κ1) is 12.0. The summed E-state index contributed by atoms with van der Waals surface area (Å²) in [6.07, 6.45) is 2.62. The van der Waals surface area contributed by atoms with E-state index in [0.717, 1.165) is 36.8 Å². The zero-order valence-corrected chi connectivity index (χ0v) is 11.3. The number of nitrogens with zero attached hydrogens (tertiary/aromatic N) is 3. The van der Waals surface area contributed by atoms with Crippen LogP contribution in [0, 0.1) is 6.92 Å². The molecular weight excluding hydrogens is 238 g/mol. The highest BCUT2D eigenvalue weighted by Crippen LogP contribution is 2.29. The third-order valence-electron chi connectivity index (χ3n) is 3.56. The molecule has 0 N–H and O–H groups in total. The molecule has 0 fully saturated rings. The molecule has 4 heteroatoms. The predicted molar refractivity (Wildman–Crippen MR) is 74.5 cm³/mol. The maximum Gasteiger partial charge on any atom is 0.132 e. The van der Waals surface area contributed by atoms with Crippen molar-refractivity contribution in [2.24, 2.45) is 0 Å². The number of rotatable bonds is 2. The van der Waals surface area contributed by atoms with Crippen LogP contribution in [0.1, 0.15) is 16.8 Å². The Morgan fingerprint density at radius 1 is 1.26 bits per heavy atom. The summed E-state index contributed by atoms with van der Waals surface area (Å²) in [5.41, 5.74) is 3.65. The summed E-state index contributed by atoms with van der Waals surface area (Å²) < 4.78 is 5.43. The Bertz CT molecular complexity index is 598. The average molecular weight is 255 g/mol. The molecule has 0 amide bonds. The zero-order chi connectivity index (χ0) is 13.2. The molecule has 1 aliphatic heterocycles. The maximum atomic E-state index is 5.43. The summed E-state index contributed by atoms with van der Waals surface area (Å²) in [7, 11) is 1.73. The smallest absolute Gasteiger partial charge is 0.132 e. The first-order valence-electron chi connectivity index (χ1n) is 6.46. The molecular formula is C15H17N3O. The van der Waals surface area contributed by atoms with Gasteiger partial charge in [-0.15, -0.1) is 0 Å². The molecule has 0 radical (unpaired) electrons. The highest BCUT2D eigenvalue weighted by atomic mass is 16.5. The summed E-state index contributed by atoms with van der Waals surface area (Å²) >= 11 is 0. The highest BCUT2D eigenvalue weighted by molar-refractivity contribution is 5.48. The Labute approximate surface area is 113 Å². The van der Waals surface area contributed by atoms with E-state index in [9.17, 15) is 0 Å². The molecule has 0 aliphatic carbocycles. The molecule has 2 heterocycles. The lowest BCUT2D eigenvalue weighted by Crippen LogP contribution is -2.31. The fourth-order valence-electron chi connectivity index (χ4n) is 2.57. The maximum absolute atomic E-state index is 5.43. The van der Waals surface area contributed by atoms with Gasteiger partial charge in [0.1, 0.15) is 17.9 Å². The van der Waals surface area contributed by atoms with Crippen LogP contribution in [0.25, 0.3) is 0 Å². The van der Waals surface area contributed by atoms with Crippen LogP contribution in [-0.4, -0.2) is 23.6 Å². The number of anilines is 1. The van der Waals surface area contributed by atoms with E-state index in [1.165, 1.54) is 11.1 Å². The van der Waals surface area contributed by atoms with Crippen LogP contribution >= 0.6 is 0 Å². The van der Waals surface area contributed by atoms with Gasteiger partial charge >= 0.3 is 0 Å². The quantitative estimate of drug-likeness (QED) is 0.825. The number of aryl methyl sites for hydroxylation is 1. The van der Waals surface area contributed by atoms with Crippen molar-refractivity contribution in [3.8, 4) is 5.75 Å². The van der Waals surface area contributed by atoms with E-state index < -0.39 is 0 Å². The molecule has 4 nitrogen and oxygen atoms in total. The monoisotopic (exact) mass is 255 g/mol. The SMILES string of the molecule is COc1cccc2c1CCN(c1cc(C)ncn1)C2. The summed E-state index contributed by atoms with van der Waals surface area (Å²) in [6.45, 7) is 3.83. The van der Waals surface area contributed by atoms with Gasteiger partial charge in [0.25, 0.3) is 0 Å². The van der Waals surface area contributed by atoms with Crippen LogP contribution in [0.5, 0.6) is 5.75 Å². The Morgan fingerprint density at radius 3 is 2.95 bits per heavy atom. The van der Waals surface area contributed by atoms with Gasteiger partial charge in [0.15, 0.2) is 0 Å². The molecule has 0 unspecified atom stereocenters. The average Bonchev–Trinajstić information content (AvgIpc) is 2.46. The van der Waals surface area contributed by atoms with Crippen molar-refractivity contribution in [1.29, 1.82) is 0 Å². The van der Waals surface area contributed by atoms with Gasteiger partial charge in [-0.3, -0.25) is 0 Å². The second kappa shape index (κ2) is 4.88. The Kier molecular flexibility index (Phi) is 3.07. The summed E-state index contributed by atoms with van der Waals surface area (Å²) in [5.74, 6) is 2.00. The van der Waals surface area contributed by atoms with Gasteiger partial charge in [0.05, 0.1) is 7.11 Å². The van der Waals surface area contributed by atoms with Gasteiger partial charge in [0, 0.05) is 30.4 Å². The van der Waals surface area contributed by atoms with E-state index in [-0.39, 0.29) is 0 Å². The highest BCUT2D eigenvalue weighted by Gasteiger charge is 2.20. The minimum Gasteiger partial charge on any atom is -0.496 e. The fourth-order valence-corrected chi connectivity index (χ4v) is 2.57. The van der Waals surface area contributed by atoms with E-state index >= 15 is 0 Å². The lowest BCUT2D eigenvalue weighted by atomic mass is 9.98. The third kappa shape index (κ3) is 2.26. The largest absolute Gasteiger partial charge is 0.496 e. The van der Waals surface area contributed by atoms with Crippen LogP contribution < -0.4 is 9.64 Å². The molecule has 1 aromatic heterocycles. The molecule has 1 aromatic carbocycles. The molecule has 1 aliphatic rings. The predicted octanol–water partition coefficient (Wildman–Crippen LogP) is 2.36. The van der Waals surface area contributed by atoms with E-state index in [4.69, 9.17) is 4.74 Å². The number of methoxy groups -OCH3 is 1. The van der Waals surface area contributed by atoms with Gasteiger partial charge in [0.2, 0.25) is 0 Å². The second-order valence-corrected chi connectivity index (χ2v) is 4.79. The van der Waals surface area contributed by atoms with Crippen molar-refractivity contribution in [3.05, 3.63) is 47.4 Å². The van der Waals surface area contributed by atoms with E-state index in [1.807, 2.05) is 25.1 Å². The lowest BCUT2D eigenvalue weighted by molar-refractivity contribution is 0.407. The molecule has 2 aromatic rings. The van der Waals surface area contributed by atoms with Gasteiger partial charge in [-0.1, -0.05) is 12.1 Å². The van der Waals surface area contributed by atoms with E-state index in [2.05, 4.69) is 20.9 Å². The second-order valence-electron chi connectivity index (χ2n) is 4.79. The molecule has 3 rings (SSSR count). The van der Waals surface area contributed by atoms with E-state index in [1.54, 1.807) is 13.4 Å². The van der Waals surface area contributed by atoms with Crippen LogP contribution in [0.3, 0.4) is 0 Å². The third-order valence-corrected chi connectivity index (χ3v) is 3.56. The summed E-state index contributed by atoms with van der Waals surface area (Å²) in [6, 6.07) is 8.28. The fraction of sp³-hybridized carbons (Fsp3) is 0.333. The number of hydrogen-bond acceptors (Lipinski definition) is 4. The van der Waals surface area contributed by atoms with Crippen LogP contribution in [0.4, 0.5) is 5.82 Å². The molecule has 0 saturated carbocycles. The van der Waals surface area contributed by atoms with Crippen LogP contribution in [0.2, 0.25) is 0 Å². The van der Waals surface area contributed by atoms with Crippen LogP contribution in [0.15, 0.2) is 30.6 Å². The number of aromatic nitrogens is 2. The summed E-state index contributed by atoms with van der Waals surface area (Å²) in [5, 5.41) is 0. The number of hydrogen-bond donors (Lipinski definition) is 0. The minimum atomic E-state index is 0.878. The summed E-state index contributed by atoms with van der Waals surface area (Å²) in [4.78, 5) is 10.8. The van der Waals surface area contributed by atoms with Gasteiger partial charge < -0.3 is 9.64 Å². The van der Waals surface area contributed by atoms with Crippen molar-refractivity contribution in [2.45, 2.75) is 19.9 Å². The first-order valence-corrected chi connectivity index (χ1v) is 6.46. The topological polar surface area (TPSA) is 38.2 Å². The Hall–Kier alpha value is -2.10. The number of fused-ring (bicyclic) bond motifs is 1. The van der Waals surface area contributed by atoms with Gasteiger partial charge in [-0.2, -0.15) is 0 Å². The van der Waals surface area contributed by atoms with Gasteiger partial charge in [-0.25, -0.2) is 9.97 Å². The van der Waals surface area contributed by atoms with Gasteiger partial charge in [-0.05, 0) is 25.0 Å². The minimum absolute atomic E-state index is 0.878. The molecule has 98 valence electrons. The zero-order valence-electron chi connectivity index (χ0n) is 11.3. The van der Waals surface area contributed by atoms with Crippen molar-refractivity contribution < 1.29 is 4.74 Å².